The van der Waals surface area contributed by atoms with Crippen LogP contribution in [0.15, 0.2) is 146 Å². The summed E-state index contributed by atoms with van der Waals surface area (Å²) in [6.07, 6.45) is -0.112. The van der Waals surface area contributed by atoms with Crippen LogP contribution in [0.5, 0.6) is 11.5 Å². The number of likely N-dealkylation sites (N-methyl/N-ethyl adjacent to an activating group) is 6. The molecule has 6 rings (SSSR count). The van der Waals surface area contributed by atoms with Gasteiger partial charge in [0.25, 0.3) is 0 Å². The lowest BCUT2D eigenvalue weighted by Gasteiger charge is -2.36. The lowest BCUT2D eigenvalue weighted by molar-refractivity contribution is -0.164. The van der Waals surface area contributed by atoms with Crippen LogP contribution < -0.4 is 0 Å². The number of aromatic hydroxyl groups is 2. The van der Waals surface area contributed by atoms with Gasteiger partial charge in [0, 0.05) is 90.4 Å². The van der Waals surface area contributed by atoms with Crippen LogP contribution in [-0.2, 0) is 105 Å². The molecule has 0 fully saturated rings. The number of ether oxygens (including phenoxy) is 4. The van der Waals surface area contributed by atoms with Gasteiger partial charge in [-0.2, -0.15) is 0 Å². The van der Waals surface area contributed by atoms with Crippen molar-refractivity contribution in [3.05, 3.63) is 201 Å². The van der Waals surface area contributed by atoms with Crippen molar-refractivity contribution in [2.75, 3.05) is 70.6 Å². The molecular weight excluding hydrogens is 1450 g/mol. The van der Waals surface area contributed by atoms with E-state index in [9.17, 15) is 58.2 Å². The minimum Gasteiger partial charge on any atom is -0.508 e. The van der Waals surface area contributed by atoms with E-state index in [-0.39, 0.29) is 85.3 Å². The molecule has 6 aromatic carbocycles. The molecule has 0 aliphatic rings. The average Bonchev–Trinajstić information content (AvgIpc) is 0.812. The maximum atomic E-state index is 14.6. The summed E-state index contributed by atoms with van der Waals surface area (Å²) in [7, 11) is 15.8. The molecule has 22 heteroatoms. The predicted octanol–water partition coefficient (Wildman–Crippen LogP) is 12.0. The van der Waals surface area contributed by atoms with Crippen LogP contribution in [0.2, 0.25) is 0 Å². The quantitative estimate of drug-likeness (QED) is 0.0267. The third-order valence-electron chi connectivity index (χ3n) is 22.0. The summed E-state index contributed by atoms with van der Waals surface area (Å²) in [4.78, 5) is 149. The number of amides is 4. The first-order chi connectivity index (χ1) is 53.7. The fourth-order valence-corrected chi connectivity index (χ4v) is 13.6. The maximum absolute atomic E-state index is 14.6. The fourth-order valence-electron chi connectivity index (χ4n) is 13.6. The Bertz CT molecular complexity index is 3840. The molecule has 0 unspecified atom stereocenters. The van der Waals surface area contributed by atoms with Crippen LogP contribution in [-0.4, -0.2) is 218 Å². The van der Waals surface area contributed by atoms with Crippen molar-refractivity contribution in [1.82, 2.24) is 29.4 Å². The smallest absolute Gasteiger partial charge is 0.328 e. The zero-order valence-electron chi connectivity index (χ0n) is 71.3. The Hall–Kier alpha value is -10.1. The Morgan fingerprint density at radius 3 is 0.754 bits per heavy atom. The van der Waals surface area contributed by atoms with Gasteiger partial charge in [-0.3, -0.25) is 48.2 Å². The number of Topliss-reactive ketones (excluding diaryl/α,β-unsaturated/α-hetero) is 2. The van der Waals surface area contributed by atoms with Gasteiger partial charge in [-0.05, 0) is 151 Å². The monoisotopic (exact) mass is 1570 g/mol. The number of esters is 4. The van der Waals surface area contributed by atoms with Crippen molar-refractivity contribution in [3.8, 4) is 11.5 Å². The van der Waals surface area contributed by atoms with Gasteiger partial charge in [-0.1, -0.05) is 199 Å². The Labute approximate surface area is 676 Å². The molecule has 0 radical (unpaired) electrons. The molecule has 0 aliphatic heterocycles. The molecule has 114 heavy (non-hydrogen) atoms. The van der Waals surface area contributed by atoms with Gasteiger partial charge >= 0.3 is 23.9 Å². The van der Waals surface area contributed by atoms with Crippen LogP contribution in [0.1, 0.15) is 137 Å². The molecule has 0 aromatic heterocycles. The molecule has 6 aromatic rings. The summed E-state index contributed by atoms with van der Waals surface area (Å²) in [6, 6.07) is 38.5. The summed E-state index contributed by atoms with van der Waals surface area (Å²) in [5.74, 6) is -7.70. The molecule has 620 valence electrons. The minimum atomic E-state index is -1.08. The second-order valence-corrected chi connectivity index (χ2v) is 31.9. The van der Waals surface area contributed by atoms with Crippen LogP contribution in [0.25, 0.3) is 0 Å². The van der Waals surface area contributed by atoms with Crippen LogP contribution in [0.4, 0.5) is 0 Å². The van der Waals surface area contributed by atoms with Gasteiger partial charge in [0.2, 0.25) is 23.6 Å². The van der Waals surface area contributed by atoms with Gasteiger partial charge in [-0.15, -0.1) is 0 Å². The van der Waals surface area contributed by atoms with Crippen LogP contribution in [0, 0.1) is 63.2 Å². The van der Waals surface area contributed by atoms with E-state index in [0.29, 0.717) is 36.8 Å². The topological polar surface area (TPSA) is 268 Å². The van der Waals surface area contributed by atoms with Crippen molar-refractivity contribution in [1.29, 1.82) is 0 Å². The highest BCUT2D eigenvalue weighted by Crippen LogP contribution is 2.30. The first kappa shape index (κ1) is 94.5. The van der Waals surface area contributed by atoms with E-state index < -0.39 is 108 Å². The van der Waals surface area contributed by atoms with E-state index in [1.54, 1.807) is 62.3 Å². The van der Waals surface area contributed by atoms with E-state index in [1.807, 2.05) is 180 Å². The number of nitrogens with zero attached hydrogens (tertiary/aromatic N) is 6. The van der Waals surface area contributed by atoms with Crippen molar-refractivity contribution in [2.45, 2.75) is 196 Å². The van der Waals surface area contributed by atoms with E-state index >= 15 is 0 Å². The average molecular weight is 1570 g/mol. The molecule has 0 bridgehead atoms. The number of hydrogen-bond donors (Lipinski definition) is 2. The third-order valence-corrected chi connectivity index (χ3v) is 22.0. The van der Waals surface area contributed by atoms with E-state index in [0.717, 1.165) is 44.5 Å². The van der Waals surface area contributed by atoms with E-state index in [1.165, 1.54) is 86.3 Å². The highest BCUT2D eigenvalue weighted by molar-refractivity contribution is 5.96. The molecule has 0 saturated heterocycles. The summed E-state index contributed by atoms with van der Waals surface area (Å²) in [6.45, 7) is 22.8. The van der Waals surface area contributed by atoms with Crippen LogP contribution in [0.3, 0.4) is 0 Å². The standard InChI is InChI=1S/2C46H63N3O8/c2*1-12-32(6)42(57-46(55)39(47(7)8)26-33-17-13-30(4)14-18-33)41(51)28-37(29(2)3)43(52)48(9)38(25-35-21-23-36(50)24-22-35)44(53)49(10)40(45(54)56-11)27-34-19-15-31(5)16-20-34/h2*13-24,29,32,37-40,42,50H,12,25-28H2,1-11H3/t32-,37+,38-,39+,40-,42-;32-,37-,38-,39+,40-,42+/m11/s1. The first-order valence-electron chi connectivity index (χ1n) is 39.6. The summed E-state index contributed by atoms with van der Waals surface area (Å²) >= 11 is 0. The number of phenols is 2. The summed E-state index contributed by atoms with van der Waals surface area (Å²) < 4.78 is 22.4. The molecule has 12 atom stereocenters. The number of phenolic OH excluding ortho intramolecular Hbond substituents is 2. The van der Waals surface area contributed by atoms with Gasteiger partial charge in [0.1, 0.15) is 47.8 Å². The zero-order chi connectivity index (χ0) is 85.1. The predicted molar refractivity (Wildman–Crippen MR) is 443 cm³/mol. The molecular formula is C92H126N6O16. The number of rotatable bonds is 40. The number of hydrogen-bond acceptors (Lipinski definition) is 18. The molecule has 2 N–H and O–H groups in total. The van der Waals surface area contributed by atoms with Crippen molar-refractivity contribution in [3.63, 3.8) is 0 Å². The van der Waals surface area contributed by atoms with Crippen molar-refractivity contribution >= 4 is 59.1 Å². The number of carbonyl (C=O) groups excluding carboxylic acids is 10. The molecule has 0 aliphatic carbocycles. The number of carbonyl (C=O) groups is 10. The SMILES string of the molecule is CC[C@@H](C)[C@@H](OC(=O)[C@H](Cc1ccc(C)cc1)N(C)C)C(=O)C[C@H](C(=O)N(C)[C@H](Cc1ccc(O)cc1)C(=O)N(C)[C@H](Cc1ccc(C)cc1)C(=O)OC)C(C)C.CC[C@@H](C)[C@H](OC(=O)[C@H](Cc1ccc(C)cc1)N(C)C)C(=O)C[C@@H](C(=O)N(C)[C@H](Cc1ccc(O)cc1)C(=O)N(C)[C@H](Cc1ccc(C)cc1)C(=O)OC)C(C)C. The van der Waals surface area contributed by atoms with E-state index in [4.69, 9.17) is 18.9 Å². The second-order valence-electron chi connectivity index (χ2n) is 31.9. The Kier molecular flexibility index (Phi) is 37.4. The first-order valence-corrected chi connectivity index (χ1v) is 39.6. The van der Waals surface area contributed by atoms with Crippen molar-refractivity contribution in [2.24, 2.45) is 35.5 Å². The number of aryl methyl sites for hydroxylation is 4. The summed E-state index contributed by atoms with van der Waals surface area (Å²) in [5, 5.41) is 19.9. The normalized spacial score (nSPS) is 14.5. The third kappa shape index (κ3) is 27.6. The van der Waals surface area contributed by atoms with Gasteiger partial charge in [0.15, 0.2) is 23.8 Å². The van der Waals surface area contributed by atoms with Gasteiger partial charge < -0.3 is 48.8 Å². The maximum Gasteiger partial charge on any atom is 0.328 e. The Morgan fingerprint density at radius 1 is 0.316 bits per heavy atom. The lowest BCUT2D eigenvalue weighted by atomic mass is 9.85. The molecule has 0 heterocycles. The number of methoxy groups -OCH3 is 2. The Balaban J connectivity index is 0.000000407. The lowest BCUT2D eigenvalue weighted by Crippen LogP contribution is -2.55. The van der Waals surface area contributed by atoms with Gasteiger partial charge in [0.05, 0.1) is 14.2 Å². The minimum absolute atomic E-state index is 0.0500. The second kappa shape index (κ2) is 45.1. The van der Waals surface area contributed by atoms with E-state index in [2.05, 4.69) is 0 Å². The zero-order valence-corrected chi connectivity index (χ0v) is 71.3. The highest BCUT2D eigenvalue weighted by Gasteiger charge is 2.44. The van der Waals surface area contributed by atoms with Crippen LogP contribution >= 0.6 is 0 Å². The largest absolute Gasteiger partial charge is 0.508 e. The Morgan fingerprint density at radius 2 is 0.535 bits per heavy atom. The number of ketones is 2. The molecule has 0 spiro atoms. The molecule has 4 amide bonds. The number of benzene rings is 6. The highest BCUT2D eigenvalue weighted by atomic mass is 16.6. The summed E-state index contributed by atoms with van der Waals surface area (Å²) in [5.41, 5.74) is 9.26. The fraction of sp³-hybridized carbons (Fsp3) is 0.500. The van der Waals surface area contributed by atoms with Gasteiger partial charge in [-0.25, -0.2) is 9.59 Å². The molecule has 0 saturated carbocycles. The van der Waals surface area contributed by atoms with Crippen molar-refractivity contribution < 1.29 is 77.1 Å². The molecule has 22 nitrogen and oxygen atoms in total.